The zero-order valence-electron chi connectivity index (χ0n) is 8.54. The largest absolute Gasteiger partial charge is 0.382 e. The molecule has 74 valence electrons. The van der Waals surface area contributed by atoms with E-state index in [1.54, 1.807) is 6.20 Å². The van der Waals surface area contributed by atoms with Crippen LogP contribution in [0, 0.1) is 5.92 Å². The Balaban J connectivity index is 2.72. The second-order valence-corrected chi connectivity index (χ2v) is 3.60. The first-order valence-electron chi connectivity index (χ1n) is 4.69. The van der Waals surface area contributed by atoms with Crippen molar-refractivity contribution in [3.05, 3.63) is 6.20 Å². The highest BCUT2D eigenvalue weighted by atomic mass is 15.2. The minimum absolute atomic E-state index is 0.634. The first-order chi connectivity index (χ1) is 6.15. The van der Waals surface area contributed by atoms with Gasteiger partial charge in [0.2, 0.25) is 0 Å². The van der Waals surface area contributed by atoms with E-state index in [0.29, 0.717) is 11.7 Å². The van der Waals surface area contributed by atoms with Crippen LogP contribution in [-0.2, 0) is 0 Å². The van der Waals surface area contributed by atoms with Crippen LogP contribution in [0.4, 0.5) is 11.5 Å². The van der Waals surface area contributed by atoms with Crippen molar-refractivity contribution in [2.24, 2.45) is 5.92 Å². The average molecular weight is 182 g/mol. The summed E-state index contributed by atoms with van der Waals surface area (Å²) in [4.78, 5) is 2.23. The molecule has 0 aliphatic heterocycles. The van der Waals surface area contributed by atoms with Gasteiger partial charge < -0.3 is 10.6 Å². The number of aromatic amines is 1. The predicted molar refractivity (Wildman–Crippen MR) is 55.7 cm³/mol. The van der Waals surface area contributed by atoms with E-state index in [9.17, 15) is 0 Å². The van der Waals surface area contributed by atoms with Gasteiger partial charge in [-0.2, -0.15) is 5.10 Å². The van der Waals surface area contributed by atoms with Gasteiger partial charge in [0, 0.05) is 13.1 Å². The highest BCUT2D eigenvalue weighted by Crippen LogP contribution is 2.20. The monoisotopic (exact) mass is 182 g/mol. The molecular formula is C9H18N4. The van der Waals surface area contributed by atoms with Crippen molar-refractivity contribution in [2.75, 3.05) is 23.7 Å². The molecule has 0 atom stereocenters. The van der Waals surface area contributed by atoms with Gasteiger partial charge in [-0.1, -0.05) is 13.8 Å². The van der Waals surface area contributed by atoms with Gasteiger partial charge in [0.25, 0.3) is 0 Å². The number of anilines is 2. The maximum absolute atomic E-state index is 5.73. The molecule has 1 rings (SSSR count). The Morgan fingerprint density at radius 2 is 2.31 bits per heavy atom. The van der Waals surface area contributed by atoms with Crippen molar-refractivity contribution >= 4 is 11.5 Å². The molecule has 0 fully saturated rings. The number of nitrogen functional groups attached to an aromatic ring is 1. The van der Waals surface area contributed by atoms with Gasteiger partial charge in [0.15, 0.2) is 0 Å². The number of nitrogens with one attached hydrogen (secondary N) is 1. The molecule has 1 aromatic rings. The third kappa shape index (κ3) is 2.37. The fraction of sp³-hybridized carbons (Fsp3) is 0.667. The Morgan fingerprint density at radius 3 is 2.69 bits per heavy atom. The SMILES string of the molecule is CCN(CC(C)C)c1cn[nH]c1N. The molecule has 0 aliphatic rings. The van der Waals surface area contributed by atoms with E-state index in [2.05, 4.69) is 35.9 Å². The second-order valence-electron chi connectivity index (χ2n) is 3.60. The van der Waals surface area contributed by atoms with E-state index in [4.69, 9.17) is 5.73 Å². The molecule has 1 aromatic heterocycles. The van der Waals surface area contributed by atoms with Crippen LogP contribution in [0.1, 0.15) is 20.8 Å². The number of hydrogen-bond acceptors (Lipinski definition) is 3. The number of nitrogens with two attached hydrogens (primary N) is 1. The molecule has 0 spiro atoms. The maximum Gasteiger partial charge on any atom is 0.142 e. The summed E-state index contributed by atoms with van der Waals surface area (Å²) >= 11 is 0. The zero-order chi connectivity index (χ0) is 9.84. The minimum atomic E-state index is 0.634. The lowest BCUT2D eigenvalue weighted by atomic mass is 10.2. The van der Waals surface area contributed by atoms with Crippen LogP contribution in [0.15, 0.2) is 6.20 Å². The normalized spacial score (nSPS) is 10.8. The Kier molecular flexibility index (Phi) is 3.17. The van der Waals surface area contributed by atoms with E-state index in [1.807, 2.05) is 0 Å². The standard InChI is InChI=1S/C9H18N4/c1-4-13(6-7(2)3)8-5-11-12-9(8)10/h5,7H,4,6H2,1-3H3,(H3,10,11,12). The zero-order valence-corrected chi connectivity index (χ0v) is 8.54. The van der Waals surface area contributed by atoms with Gasteiger partial charge in [-0.15, -0.1) is 0 Å². The minimum Gasteiger partial charge on any atom is -0.382 e. The summed E-state index contributed by atoms with van der Waals surface area (Å²) in [7, 11) is 0. The van der Waals surface area contributed by atoms with Crippen molar-refractivity contribution in [3.8, 4) is 0 Å². The number of H-pyrrole nitrogens is 1. The summed E-state index contributed by atoms with van der Waals surface area (Å²) < 4.78 is 0. The van der Waals surface area contributed by atoms with Gasteiger partial charge in [0.05, 0.1) is 11.9 Å². The number of aromatic nitrogens is 2. The molecule has 0 saturated carbocycles. The van der Waals surface area contributed by atoms with Crippen LogP contribution in [0.5, 0.6) is 0 Å². The van der Waals surface area contributed by atoms with Crippen molar-refractivity contribution in [2.45, 2.75) is 20.8 Å². The van der Waals surface area contributed by atoms with Gasteiger partial charge in [-0.25, -0.2) is 0 Å². The fourth-order valence-electron chi connectivity index (χ4n) is 1.38. The molecule has 0 aromatic carbocycles. The van der Waals surface area contributed by atoms with Crippen molar-refractivity contribution in [3.63, 3.8) is 0 Å². The summed E-state index contributed by atoms with van der Waals surface area (Å²) in [5, 5.41) is 6.65. The van der Waals surface area contributed by atoms with Gasteiger partial charge in [-0.05, 0) is 12.8 Å². The molecule has 4 heteroatoms. The quantitative estimate of drug-likeness (QED) is 0.741. The lowest BCUT2D eigenvalue weighted by Gasteiger charge is -2.23. The van der Waals surface area contributed by atoms with Crippen molar-refractivity contribution in [1.29, 1.82) is 0 Å². The third-order valence-corrected chi connectivity index (χ3v) is 1.96. The molecule has 1 heterocycles. The molecule has 4 nitrogen and oxygen atoms in total. The maximum atomic E-state index is 5.73. The van der Waals surface area contributed by atoms with Crippen molar-refractivity contribution in [1.82, 2.24) is 10.2 Å². The summed E-state index contributed by atoms with van der Waals surface area (Å²) in [6, 6.07) is 0. The Hall–Kier alpha value is -1.19. The first kappa shape index (κ1) is 9.89. The van der Waals surface area contributed by atoms with Gasteiger partial charge in [0.1, 0.15) is 5.82 Å². The molecule has 0 radical (unpaired) electrons. The van der Waals surface area contributed by atoms with Gasteiger partial charge in [-0.3, -0.25) is 5.10 Å². The molecular weight excluding hydrogens is 164 g/mol. The molecule has 0 bridgehead atoms. The van der Waals surface area contributed by atoms with E-state index < -0.39 is 0 Å². The predicted octanol–water partition coefficient (Wildman–Crippen LogP) is 1.47. The molecule has 0 saturated heterocycles. The lowest BCUT2D eigenvalue weighted by Crippen LogP contribution is -2.27. The fourth-order valence-corrected chi connectivity index (χ4v) is 1.38. The van der Waals surface area contributed by atoms with Crippen LogP contribution in [-0.4, -0.2) is 23.3 Å². The summed E-state index contributed by atoms with van der Waals surface area (Å²) in [5.74, 6) is 1.29. The van der Waals surface area contributed by atoms with E-state index in [-0.39, 0.29) is 0 Å². The van der Waals surface area contributed by atoms with Crippen LogP contribution < -0.4 is 10.6 Å². The Labute approximate surface area is 79.1 Å². The molecule has 0 amide bonds. The number of rotatable bonds is 4. The topological polar surface area (TPSA) is 57.9 Å². The molecule has 13 heavy (non-hydrogen) atoms. The molecule has 0 unspecified atom stereocenters. The van der Waals surface area contributed by atoms with E-state index in [1.165, 1.54) is 0 Å². The summed E-state index contributed by atoms with van der Waals surface area (Å²) in [5.41, 5.74) is 6.74. The van der Waals surface area contributed by atoms with Crippen molar-refractivity contribution < 1.29 is 0 Å². The van der Waals surface area contributed by atoms with Crippen LogP contribution in [0.3, 0.4) is 0 Å². The lowest BCUT2D eigenvalue weighted by molar-refractivity contribution is 0.619. The third-order valence-electron chi connectivity index (χ3n) is 1.96. The molecule has 0 aliphatic carbocycles. The highest BCUT2D eigenvalue weighted by molar-refractivity contribution is 5.61. The molecule has 3 N–H and O–H groups in total. The second kappa shape index (κ2) is 4.16. The van der Waals surface area contributed by atoms with E-state index in [0.717, 1.165) is 18.8 Å². The first-order valence-corrected chi connectivity index (χ1v) is 4.69. The highest BCUT2D eigenvalue weighted by Gasteiger charge is 2.10. The number of hydrogen-bond donors (Lipinski definition) is 2. The van der Waals surface area contributed by atoms with Crippen LogP contribution in [0.2, 0.25) is 0 Å². The Morgan fingerprint density at radius 1 is 1.62 bits per heavy atom. The van der Waals surface area contributed by atoms with Crippen LogP contribution in [0.25, 0.3) is 0 Å². The van der Waals surface area contributed by atoms with Crippen LogP contribution >= 0.6 is 0 Å². The number of nitrogens with zero attached hydrogens (tertiary/aromatic N) is 2. The smallest absolute Gasteiger partial charge is 0.142 e. The summed E-state index contributed by atoms with van der Waals surface area (Å²) in [6.07, 6.45) is 1.78. The Bertz CT molecular complexity index is 254. The summed E-state index contributed by atoms with van der Waals surface area (Å²) in [6.45, 7) is 8.48. The average Bonchev–Trinajstić information content (AvgIpc) is 2.47. The van der Waals surface area contributed by atoms with Gasteiger partial charge >= 0.3 is 0 Å². The van der Waals surface area contributed by atoms with E-state index >= 15 is 0 Å².